The van der Waals surface area contributed by atoms with E-state index in [0.29, 0.717) is 0 Å². The van der Waals surface area contributed by atoms with Gasteiger partial charge in [0.25, 0.3) is 0 Å². The van der Waals surface area contributed by atoms with Gasteiger partial charge in [-0.3, -0.25) is 4.98 Å². The smallest absolute Gasteiger partial charge is 0.138 e. The van der Waals surface area contributed by atoms with E-state index < -0.39 is 8.07 Å². The Balaban J connectivity index is 2.88. The molecule has 0 aromatic carbocycles. The highest BCUT2D eigenvalue weighted by molar-refractivity contribution is 6.87. The summed E-state index contributed by atoms with van der Waals surface area (Å²) in [6.07, 6.45) is 3.63. The third kappa shape index (κ3) is 3.21. The van der Waals surface area contributed by atoms with E-state index in [-0.39, 0.29) is 0 Å². The standard InChI is InChI=1S/C13H19NSi/c1-4-15(5-2,6-3)11-9-13-8-7-10-14-12-13/h7-8,10,12H,4-6H2,1-3H3. The Labute approximate surface area is 94.0 Å². The quantitative estimate of drug-likeness (QED) is 0.558. The molecule has 1 aromatic heterocycles. The van der Waals surface area contributed by atoms with Crippen LogP contribution >= 0.6 is 0 Å². The molecule has 2 heteroatoms. The topological polar surface area (TPSA) is 12.9 Å². The van der Waals surface area contributed by atoms with Crippen molar-refractivity contribution in [1.29, 1.82) is 0 Å². The summed E-state index contributed by atoms with van der Waals surface area (Å²) in [5.41, 5.74) is 4.59. The Hall–Kier alpha value is -1.07. The predicted octanol–water partition coefficient (Wildman–Crippen LogP) is 3.48. The first-order chi connectivity index (χ1) is 7.26. The minimum atomic E-state index is -1.29. The van der Waals surface area contributed by atoms with E-state index in [1.165, 1.54) is 18.1 Å². The van der Waals surface area contributed by atoms with E-state index in [1.807, 2.05) is 18.3 Å². The van der Waals surface area contributed by atoms with Crippen LogP contribution in [0, 0.1) is 11.5 Å². The molecule has 1 aromatic rings. The van der Waals surface area contributed by atoms with Crippen molar-refractivity contribution in [3.05, 3.63) is 30.1 Å². The summed E-state index contributed by atoms with van der Waals surface area (Å²) >= 11 is 0. The molecule has 0 spiro atoms. The van der Waals surface area contributed by atoms with Crippen molar-refractivity contribution >= 4 is 8.07 Å². The Bertz CT molecular complexity index is 336. The monoisotopic (exact) mass is 217 g/mol. The molecule has 0 radical (unpaired) electrons. The minimum absolute atomic E-state index is 1.05. The maximum Gasteiger partial charge on any atom is 0.138 e. The van der Waals surface area contributed by atoms with E-state index >= 15 is 0 Å². The second-order valence-electron chi connectivity index (χ2n) is 3.83. The molecule has 1 heterocycles. The SMILES string of the molecule is CC[Si](C#Cc1cccnc1)(CC)CC. The Morgan fingerprint density at radius 1 is 1.20 bits per heavy atom. The largest absolute Gasteiger partial charge is 0.263 e. The van der Waals surface area contributed by atoms with Gasteiger partial charge in [-0.15, -0.1) is 5.54 Å². The van der Waals surface area contributed by atoms with E-state index in [1.54, 1.807) is 6.20 Å². The van der Waals surface area contributed by atoms with E-state index in [9.17, 15) is 0 Å². The first-order valence-corrected chi connectivity index (χ1v) is 8.31. The Morgan fingerprint density at radius 2 is 1.87 bits per heavy atom. The van der Waals surface area contributed by atoms with Crippen LogP contribution in [-0.4, -0.2) is 13.1 Å². The van der Waals surface area contributed by atoms with Gasteiger partial charge in [-0.1, -0.05) is 26.7 Å². The van der Waals surface area contributed by atoms with Crippen molar-refractivity contribution in [2.45, 2.75) is 38.9 Å². The van der Waals surface area contributed by atoms with Crippen LogP contribution in [0.1, 0.15) is 26.3 Å². The van der Waals surface area contributed by atoms with Gasteiger partial charge < -0.3 is 0 Å². The highest BCUT2D eigenvalue weighted by Gasteiger charge is 2.23. The van der Waals surface area contributed by atoms with Gasteiger partial charge >= 0.3 is 0 Å². The van der Waals surface area contributed by atoms with Crippen LogP contribution in [0.4, 0.5) is 0 Å². The van der Waals surface area contributed by atoms with Crippen molar-refractivity contribution in [3.63, 3.8) is 0 Å². The lowest BCUT2D eigenvalue weighted by Gasteiger charge is -2.19. The number of hydrogen-bond donors (Lipinski definition) is 0. The van der Waals surface area contributed by atoms with Crippen LogP contribution in [0.2, 0.25) is 18.1 Å². The van der Waals surface area contributed by atoms with Gasteiger partial charge in [0, 0.05) is 18.0 Å². The summed E-state index contributed by atoms with van der Waals surface area (Å²) in [6, 6.07) is 7.74. The van der Waals surface area contributed by atoms with Crippen LogP contribution in [0.15, 0.2) is 24.5 Å². The number of nitrogens with zero attached hydrogens (tertiary/aromatic N) is 1. The zero-order valence-electron chi connectivity index (χ0n) is 9.88. The van der Waals surface area contributed by atoms with Crippen LogP contribution in [0.5, 0.6) is 0 Å². The lowest BCUT2D eigenvalue weighted by atomic mass is 10.3. The summed E-state index contributed by atoms with van der Waals surface area (Å²) in [7, 11) is -1.29. The summed E-state index contributed by atoms with van der Waals surface area (Å²) in [5, 5.41) is 0. The van der Waals surface area contributed by atoms with Gasteiger partial charge in [-0.2, -0.15) is 0 Å². The van der Waals surface area contributed by atoms with Gasteiger partial charge in [0.1, 0.15) is 8.07 Å². The summed E-state index contributed by atoms with van der Waals surface area (Å²) in [5.74, 6) is 3.29. The molecule has 0 saturated heterocycles. The van der Waals surface area contributed by atoms with Crippen LogP contribution in [0.25, 0.3) is 0 Å². The summed E-state index contributed by atoms with van der Waals surface area (Å²) in [4.78, 5) is 4.08. The fourth-order valence-corrected chi connectivity index (χ4v) is 4.10. The highest BCUT2D eigenvalue weighted by atomic mass is 28.3. The molecule has 1 rings (SSSR count). The van der Waals surface area contributed by atoms with Gasteiger partial charge in [-0.25, -0.2) is 0 Å². The Kier molecular flexibility index (Phi) is 4.58. The number of hydrogen-bond acceptors (Lipinski definition) is 1. The average Bonchev–Trinajstić information content (AvgIpc) is 2.33. The van der Waals surface area contributed by atoms with Crippen LogP contribution in [-0.2, 0) is 0 Å². The molecule has 0 atom stereocenters. The van der Waals surface area contributed by atoms with E-state index in [4.69, 9.17) is 0 Å². The zero-order chi connectivity index (χ0) is 11.1. The Morgan fingerprint density at radius 3 is 2.33 bits per heavy atom. The van der Waals surface area contributed by atoms with Crippen molar-refractivity contribution in [3.8, 4) is 11.5 Å². The molecular formula is C13H19NSi. The molecule has 0 unspecified atom stereocenters. The molecule has 0 aliphatic rings. The molecule has 15 heavy (non-hydrogen) atoms. The fourth-order valence-electron chi connectivity index (χ4n) is 1.66. The molecule has 0 bridgehead atoms. The predicted molar refractivity (Wildman–Crippen MR) is 68.3 cm³/mol. The highest BCUT2D eigenvalue weighted by Crippen LogP contribution is 2.18. The zero-order valence-corrected chi connectivity index (χ0v) is 10.9. The maximum atomic E-state index is 4.08. The molecular weight excluding hydrogens is 198 g/mol. The van der Waals surface area contributed by atoms with Crippen molar-refractivity contribution in [1.82, 2.24) is 4.98 Å². The second-order valence-corrected chi connectivity index (χ2v) is 8.76. The lowest BCUT2D eigenvalue weighted by Crippen LogP contribution is -2.29. The van der Waals surface area contributed by atoms with Crippen LogP contribution < -0.4 is 0 Å². The first kappa shape index (κ1) is 12.0. The maximum absolute atomic E-state index is 4.08. The van der Waals surface area contributed by atoms with Gasteiger partial charge in [-0.05, 0) is 30.3 Å². The number of pyridine rings is 1. The molecule has 80 valence electrons. The summed E-state index contributed by atoms with van der Waals surface area (Å²) in [6.45, 7) is 6.82. The first-order valence-electron chi connectivity index (χ1n) is 5.69. The van der Waals surface area contributed by atoms with Crippen molar-refractivity contribution in [2.24, 2.45) is 0 Å². The lowest BCUT2D eigenvalue weighted by molar-refractivity contribution is 1.20. The van der Waals surface area contributed by atoms with E-state index in [0.717, 1.165) is 5.56 Å². The van der Waals surface area contributed by atoms with Gasteiger partial charge in [0.15, 0.2) is 0 Å². The molecule has 0 amide bonds. The number of aromatic nitrogens is 1. The summed E-state index contributed by atoms with van der Waals surface area (Å²) < 4.78 is 0. The molecule has 1 nitrogen and oxygen atoms in total. The third-order valence-electron chi connectivity index (χ3n) is 3.16. The van der Waals surface area contributed by atoms with Gasteiger partial charge in [0.2, 0.25) is 0 Å². The minimum Gasteiger partial charge on any atom is -0.263 e. The fraction of sp³-hybridized carbons (Fsp3) is 0.462. The van der Waals surface area contributed by atoms with Crippen molar-refractivity contribution in [2.75, 3.05) is 0 Å². The van der Waals surface area contributed by atoms with Crippen molar-refractivity contribution < 1.29 is 0 Å². The molecule has 0 fully saturated rings. The molecule has 0 saturated carbocycles. The van der Waals surface area contributed by atoms with Crippen LogP contribution in [0.3, 0.4) is 0 Å². The third-order valence-corrected chi connectivity index (χ3v) is 7.88. The average molecular weight is 217 g/mol. The molecule has 0 aliphatic carbocycles. The van der Waals surface area contributed by atoms with E-state index in [2.05, 4.69) is 37.2 Å². The van der Waals surface area contributed by atoms with Gasteiger partial charge in [0.05, 0.1) is 0 Å². The molecule has 0 aliphatic heterocycles. The normalized spacial score (nSPS) is 10.6. The molecule has 0 N–H and O–H groups in total. The second kappa shape index (κ2) is 5.72. The number of rotatable bonds is 3.